The third kappa shape index (κ3) is 10.7. The Hall–Kier alpha value is -3.19. The molecule has 1 atom stereocenters. The highest BCUT2D eigenvalue weighted by Gasteiger charge is 2.24. The van der Waals surface area contributed by atoms with Gasteiger partial charge >= 0.3 is 17.9 Å². The van der Waals surface area contributed by atoms with E-state index < -0.39 is 11.9 Å². The van der Waals surface area contributed by atoms with Crippen LogP contribution in [0.15, 0.2) is 66.3 Å². The molecule has 29 heavy (non-hydrogen) atoms. The van der Waals surface area contributed by atoms with Crippen LogP contribution in [-0.4, -0.2) is 42.3 Å². The minimum Gasteiger partial charge on any atom is -0.478 e. The number of carboxylic acid groups (broad SMARTS) is 1. The second-order valence-corrected chi connectivity index (χ2v) is 6.40. The molecule has 1 aliphatic heterocycles. The number of epoxide rings is 1. The van der Waals surface area contributed by atoms with Gasteiger partial charge in [-0.2, -0.15) is 0 Å². The molecule has 1 unspecified atom stereocenters. The Morgan fingerprint density at radius 1 is 1.14 bits per heavy atom. The summed E-state index contributed by atoms with van der Waals surface area (Å²) in [4.78, 5) is 32.9. The van der Waals surface area contributed by atoms with Crippen LogP contribution < -0.4 is 0 Å². The van der Waals surface area contributed by atoms with Crippen LogP contribution in [0.3, 0.4) is 0 Å². The number of benzene rings is 1. The first kappa shape index (κ1) is 23.8. The van der Waals surface area contributed by atoms with E-state index in [1.54, 1.807) is 6.92 Å². The Morgan fingerprint density at radius 2 is 1.76 bits per heavy atom. The standard InChI is InChI=1S/C15H16O4.C7H10O3/c1-11(14(16)17)8-9-12(2)15(18)19-10-13-6-4-3-5-7-13;1-5(2)7(8)10-4-6-3-9-6/h3-8H,2,9-10H2,1H3,(H,16,17);6H,1,3-4H2,2H3. The van der Waals surface area contributed by atoms with Crippen LogP contribution in [0, 0.1) is 0 Å². The number of rotatable bonds is 9. The molecule has 0 aromatic heterocycles. The molecule has 1 heterocycles. The second kappa shape index (κ2) is 12.3. The number of ether oxygens (including phenoxy) is 3. The van der Waals surface area contributed by atoms with E-state index in [1.165, 1.54) is 13.0 Å². The van der Waals surface area contributed by atoms with Crippen molar-refractivity contribution >= 4 is 17.9 Å². The predicted octanol–water partition coefficient (Wildman–Crippen LogP) is 3.21. The van der Waals surface area contributed by atoms with Crippen molar-refractivity contribution in [3.8, 4) is 0 Å². The minimum atomic E-state index is -1.01. The monoisotopic (exact) mass is 402 g/mol. The highest BCUT2D eigenvalue weighted by molar-refractivity contribution is 5.89. The van der Waals surface area contributed by atoms with E-state index in [2.05, 4.69) is 13.2 Å². The fraction of sp³-hybridized carbons (Fsp3) is 0.318. The number of carboxylic acids is 1. The average Bonchev–Trinajstić information content (AvgIpc) is 3.53. The van der Waals surface area contributed by atoms with Crippen LogP contribution in [0.25, 0.3) is 0 Å². The van der Waals surface area contributed by atoms with Gasteiger partial charge in [-0.05, 0) is 25.8 Å². The lowest BCUT2D eigenvalue weighted by atomic mass is 10.1. The first-order chi connectivity index (χ1) is 13.7. The van der Waals surface area contributed by atoms with Crippen LogP contribution in [0.2, 0.25) is 0 Å². The first-order valence-electron chi connectivity index (χ1n) is 8.93. The number of hydrogen-bond donors (Lipinski definition) is 1. The van der Waals surface area contributed by atoms with Gasteiger partial charge in [-0.15, -0.1) is 0 Å². The van der Waals surface area contributed by atoms with Gasteiger partial charge in [-0.3, -0.25) is 0 Å². The molecule has 156 valence electrons. The van der Waals surface area contributed by atoms with Crippen LogP contribution in [0.4, 0.5) is 0 Å². The zero-order valence-corrected chi connectivity index (χ0v) is 16.7. The fourth-order valence-corrected chi connectivity index (χ4v) is 1.73. The van der Waals surface area contributed by atoms with E-state index in [0.29, 0.717) is 18.8 Å². The van der Waals surface area contributed by atoms with Crippen molar-refractivity contribution < 1.29 is 33.7 Å². The Bertz CT molecular complexity index is 774. The lowest BCUT2D eigenvalue weighted by Crippen LogP contribution is -2.09. The molecule has 1 saturated heterocycles. The molecule has 1 fully saturated rings. The number of hydrogen-bond acceptors (Lipinski definition) is 6. The van der Waals surface area contributed by atoms with Gasteiger partial charge in [0.05, 0.1) is 6.61 Å². The van der Waals surface area contributed by atoms with Crippen LogP contribution in [0.5, 0.6) is 0 Å². The van der Waals surface area contributed by atoms with Crippen molar-refractivity contribution in [1.82, 2.24) is 0 Å². The minimum absolute atomic E-state index is 0.142. The summed E-state index contributed by atoms with van der Waals surface area (Å²) < 4.78 is 14.7. The van der Waals surface area contributed by atoms with Crippen LogP contribution in [0.1, 0.15) is 25.8 Å². The molecule has 0 aliphatic carbocycles. The molecule has 0 amide bonds. The third-order valence-corrected chi connectivity index (χ3v) is 3.64. The molecular weight excluding hydrogens is 376 g/mol. The van der Waals surface area contributed by atoms with Gasteiger partial charge in [0.15, 0.2) is 0 Å². The highest BCUT2D eigenvalue weighted by Crippen LogP contribution is 2.09. The summed E-state index contributed by atoms with van der Waals surface area (Å²) in [6.07, 6.45) is 1.75. The van der Waals surface area contributed by atoms with Gasteiger partial charge in [-0.1, -0.05) is 49.6 Å². The van der Waals surface area contributed by atoms with Crippen LogP contribution >= 0.6 is 0 Å². The Balaban J connectivity index is 0.000000352. The van der Waals surface area contributed by atoms with E-state index in [9.17, 15) is 14.4 Å². The summed E-state index contributed by atoms with van der Waals surface area (Å²) in [7, 11) is 0. The van der Waals surface area contributed by atoms with Crippen molar-refractivity contribution in [3.05, 3.63) is 71.8 Å². The molecule has 7 nitrogen and oxygen atoms in total. The summed E-state index contributed by atoms with van der Waals surface area (Å²) in [5, 5.41) is 8.67. The van der Waals surface area contributed by atoms with E-state index in [-0.39, 0.29) is 36.2 Å². The number of allylic oxidation sites excluding steroid dienone is 1. The van der Waals surface area contributed by atoms with Crippen molar-refractivity contribution in [2.45, 2.75) is 33.0 Å². The molecular formula is C22H26O7. The summed E-state index contributed by atoms with van der Waals surface area (Å²) in [5.74, 6) is -1.86. The normalized spacial score (nSPS) is 14.7. The van der Waals surface area contributed by atoms with Gasteiger partial charge in [-0.25, -0.2) is 14.4 Å². The molecule has 1 N–H and O–H groups in total. The highest BCUT2D eigenvalue weighted by atomic mass is 16.6. The van der Waals surface area contributed by atoms with Crippen molar-refractivity contribution in [2.75, 3.05) is 13.2 Å². The molecule has 1 aromatic carbocycles. The Morgan fingerprint density at radius 3 is 2.28 bits per heavy atom. The SMILES string of the molecule is C=C(C)C(=O)OCC1CO1.C=C(CC=C(C)C(=O)O)C(=O)OCc1ccccc1. The maximum absolute atomic E-state index is 11.6. The molecule has 2 rings (SSSR count). The summed E-state index contributed by atoms with van der Waals surface area (Å²) >= 11 is 0. The Labute approximate surface area is 170 Å². The Kier molecular flexibility index (Phi) is 10.1. The van der Waals surface area contributed by atoms with E-state index >= 15 is 0 Å². The van der Waals surface area contributed by atoms with Gasteiger partial charge < -0.3 is 19.3 Å². The van der Waals surface area contributed by atoms with Crippen LogP contribution in [-0.2, 0) is 35.2 Å². The van der Waals surface area contributed by atoms with E-state index in [4.69, 9.17) is 19.3 Å². The average molecular weight is 402 g/mol. The van der Waals surface area contributed by atoms with Crippen molar-refractivity contribution in [3.63, 3.8) is 0 Å². The number of carbonyl (C=O) groups excluding carboxylic acids is 2. The number of aliphatic carboxylic acids is 1. The van der Waals surface area contributed by atoms with E-state index in [1.807, 2.05) is 30.3 Å². The largest absolute Gasteiger partial charge is 0.478 e. The molecule has 7 heteroatoms. The second-order valence-electron chi connectivity index (χ2n) is 6.40. The topological polar surface area (TPSA) is 102 Å². The molecule has 0 bridgehead atoms. The molecule has 1 aliphatic rings. The van der Waals surface area contributed by atoms with E-state index in [0.717, 1.165) is 5.56 Å². The van der Waals surface area contributed by atoms with Gasteiger partial charge in [0.2, 0.25) is 0 Å². The molecule has 0 spiro atoms. The van der Waals surface area contributed by atoms with Gasteiger partial charge in [0.25, 0.3) is 0 Å². The lowest BCUT2D eigenvalue weighted by Gasteiger charge is -2.05. The van der Waals surface area contributed by atoms with Crippen molar-refractivity contribution in [2.24, 2.45) is 0 Å². The maximum Gasteiger partial charge on any atom is 0.334 e. The molecule has 0 saturated carbocycles. The molecule has 0 radical (unpaired) electrons. The smallest absolute Gasteiger partial charge is 0.334 e. The summed E-state index contributed by atoms with van der Waals surface area (Å²) in [6.45, 7) is 11.4. The fourth-order valence-electron chi connectivity index (χ4n) is 1.73. The van der Waals surface area contributed by atoms with Gasteiger partial charge in [0.1, 0.15) is 19.3 Å². The zero-order chi connectivity index (χ0) is 21.8. The third-order valence-electron chi connectivity index (χ3n) is 3.64. The van der Waals surface area contributed by atoms with Gasteiger partial charge in [0, 0.05) is 16.7 Å². The molecule has 1 aromatic rings. The lowest BCUT2D eigenvalue weighted by molar-refractivity contribution is -0.140. The summed E-state index contributed by atoms with van der Waals surface area (Å²) in [5.41, 5.74) is 1.73. The first-order valence-corrected chi connectivity index (χ1v) is 8.93. The quantitative estimate of drug-likeness (QED) is 0.384. The number of carbonyl (C=O) groups is 3. The number of esters is 2. The zero-order valence-electron chi connectivity index (χ0n) is 16.7. The maximum atomic E-state index is 11.6. The summed E-state index contributed by atoms with van der Waals surface area (Å²) in [6, 6.07) is 9.30. The predicted molar refractivity (Wildman–Crippen MR) is 107 cm³/mol. The van der Waals surface area contributed by atoms with Crippen molar-refractivity contribution in [1.29, 1.82) is 0 Å².